The van der Waals surface area contributed by atoms with Crippen LogP contribution in [0, 0.1) is 0 Å². The summed E-state index contributed by atoms with van der Waals surface area (Å²) in [5.74, 6) is -0.816. The Morgan fingerprint density at radius 2 is 1.85 bits per heavy atom. The van der Waals surface area contributed by atoms with Crippen molar-refractivity contribution in [3.63, 3.8) is 0 Å². The van der Waals surface area contributed by atoms with Gasteiger partial charge in [0.25, 0.3) is 15.9 Å². The van der Waals surface area contributed by atoms with Crippen LogP contribution in [0.5, 0.6) is 0 Å². The van der Waals surface area contributed by atoms with Crippen molar-refractivity contribution in [2.75, 3.05) is 32.7 Å². The minimum absolute atomic E-state index is 0. The third-order valence-electron chi connectivity index (χ3n) is 4.32. The van der Waals surface area contributed by atoms with Crippen molar-refractivity contribution >= 4 is 34.2 Å². The van der Waals surface area contributed by atoms with E-state index in [0.29, 0.717) is 6.54 Å². The number of nitrogens with zero attached hydrogens (tertiary/aromatic N) is 2. The summed E-state index contributed by atoms with van der Waals surface area (Å²) in [6.07, 6.45) is 0.796. The summed E-state index contributed by atoms with van der Waals surface area (Å²) < 4.78 is 25.5. The number of nitrogens with one attached hydrogen (secondary N) is 1. The molecule has 1 heterocycles. The zero-order chi connectivity index (χ0) is 18.4. The lowest BCUT2D eigenvalue weighted by Crippen LogP contribution is -2.35. The Labute approximate surface area is 161 Å². The van der Waals surface area contributed by atoms with Crippen molar-refractivity contribution in [3.05, 3.63) is 29.8 Å². The summed E-state index contributed by atoms with van der Waals surface area (Å²) >= 11 is 0. The number of sulfonamides is 1. The third kappa shape index (κ3) is 4.96. The van der Waals surface area contributed by atoms with Gasteiger partial charge in [0.15, 0.2) is 0 Å². The molecule has 1 N–H and O–H groups in total. The molecule has 1 aliphatic heterocycles. The van der Waals surface area contributed by atoms with E-state index >= 15 is 0 Å². The van der Waals surface area contributed by atoms with Gasteiger partial charge < -0.3 is 10.2 Å². The molecule has 0 radical (unpaired) electrons. The fourth-order valence-corrected chi connectivity index (χ4v) is 4.38. The molecule has 2 rings (SSSR count). The molecule has 0 atom stereocenters. The highest BCUT2D eigenvalue weighted by atomic mass is 35.5. The lowest BCUT2D eigenvalue weighted by molar-refractivity contribution is -0.121. The molecule has 0 aromatic heterocycles. The minimum atomic E-state index is -3.84. The molecule has 2 amide bonds. The summed E-state index contributed by atoms with van der Waals surface area (Å²) in [6, 6.07) is 6.10. The maximum absolute atomic E-state index is 12.4. The van der Waals surface area contributed by atoms with Crippen LogP contribution in [-0.2, 0) is 14.8 Å². The quantitative estimate of drug-likeness (QED) is 0.631. The van der Waals surface area contributed by atoms with Gasteiger partial charge in [-0.2, -0.15) is 0 Å². The second-order valence-corrected chi connectivity index (χ2v) is 7.69. The zero-order valence-corrected chi connectivity index (χ0v) is 16.7. The van der Waals surface area contributed by atoms with Crippen LogP contribution in [0.4, 0.5) is 0 Å². The van der Waals surface area contributed by atoms with Crippen LogP contribution in [0.3, 0.4) is 0 Å². The van der Waals surface area contributed by atoms with Crippen LogP contribution in [0.2, 0.25) is 0 Å². The Morgan fingerprint density at radius 1 is 1.19 bits per heavy atom. The van der Waals surface area contributed by atoms with Gasteiger partial charge in [-0.05, 0) is 38.2 Å². The van der Waals surface area contributed by atoms with Gasteiger partial charge in [0, 0.05) is 19.5 Å². The highest BCUT2D eigenvalue weighted by Gasteiger charge is 2.40. The lowest BCUT2D eigenvalue weighted by atomic mass is 10.2. The first-order valence-electron chi connectivity index (χ1n) is 8.57. The predicted molar refractivity (Wildman–Crippen MR) is 102 cm³/mol. The maximum Gasteiger partial charge on any atom is 0.269 e. The first kappa shape index (κ1) is 22.4. The largest absolute Gasteiger partial charge is 0.356 e. The molecular weight excluding hydrogens is 378 g/mol. The fraction of sp³-hybridized carbons (Fsp3) is 0.529. The smallest absolute Gasteiger partial charge is 0.269 e. The van der Waals surface area contributed by atoms with E-state index in [9.17, 15) is 18.0 Å². The molecule has 0 bridgehead atoms. The van der Waals surface area contributed by atoms with E-state index in [-0.39, 0.29) is 41.7 Å². The molecular formula is C17H26ClN3O4S. The number of carbonyl (C=O) groups is 2. The summed E-state index contributed by atoms with van der Waals surface area (Å²) in [6.45, 7) is 7.43. The molecule has 9 heteroatoms. The van der Waals surface area contributed by atoms with Crippen LogP contribution in [-0.4, -0.2) is 62.2 Å². The highest BCUT2D eigenvalue weighted by Crippen LogP contribution is 2.29. The Balaban J connectivity index is 0.00000338. The average Bonchev–Trinajstić information content (AvgIpc) is 2.80. The van der Waals surface area contributed by atoms with E-state index in [4.69, 9.17) is 0 Å². The van der Waals surface area contributed by atoms with E-state index in [1.807, 2.05) is 0 Å². The molecule has 1 aromatic rings. The van der Waals surface area contributed by atoms with Gasteiger partial charge in [-0.3, -0.25) is 9.59 Å². The van der Waals surface area contributed by atoms with E-state index in [2.05, 4.69) is 24.1 Å². The minimum Gasteiger partial charge on any atom is -0.356 e. The van der Waals surface area contributed by atoms with E-state index < -0.39 is 15.9 Å². The average molecular weight is 404 g/mol. The number of amides is 2. The van der Waals surface area contributed by atoms with Gasteiger partial charge >= 0.3 is 0 Å². The van der Waals surface area contributed by atoms with Crippen molar-refractivity contribution in [1.82, 2.24) is 14.5 Å². The predicted octanol–water partition coefficient (Wildman–Crippen LogP) is 1.49. The van der Waals surface area contributed by atoms with Gasteiger partial charge in [0.2, 0.25) is 5.91 Å². The van der Waals surface area contributed by atoms with Crippen molar-refractivity contribution < 1.29 is 18.0 Å². The molecule has 0 unspecified atom stereocenters. The SMILES string of the molecule is CCN(CC)CCCNC(=O)CCN1C(=O)c2ccccc2S1(=O)=O.Cl. The standard InChI is InChI=1S/C17H25N3O4S.ClH/c1-3-19(4-2)12-7-11-18-16(21)10-13-20-17(22)14-8-5-6-9-15(14)25(20,23)24;/h5-6,8-9H,3-4,7,10-13H2,1-2H3,(H,18,21);1H. The molecule has 0 aliphatic carbocycles. The molecule has 7 nitrogen and oxygen atoms in total. The van der Waals surface area contributed by atoms with Crippen molar-refractivity contribution in [2.24, 2.45) is 0 Å². The zero-order valence-electron chi connectivity index (χ0n) is 15.1. The van der Waals surface area contributed by atoms with Crippen LogP contribution < -0.4 is 5.32 Å². The van der Waals surface area contributed by atoms with Crippen LogP contribution in [0.1, 0.15) is 37.0 Å². The number of fused-ring (bicyclic) bond motifs is 1. The van der Waals surface area contributed by atoms with E-state index in [1.54, 1.807) is 12.1 Å². The first-order chi connectivity index (χ1) is 11.9. The molecule has 26 heavy (non-hydrogen) atoms. The van der Waals surface area contributed by atoms with E-state index in [1.165, 1.54) is 12.1 Å². The fourth-order valence-electron chi connectivity index (χ4n) is 2.81. The first-order valence-corrected chi connectivity index (χ1v) is 10.0. The van der Waals surface area contributed by atoms with Crippen molar-refractivity contribution in [3.8, 4) is 0 Å². The third-order valence-corrected chi connectivity index (χ3v) is 6.16. The number of carbonyl (C=O) groups excluding carboxylic acids is 2. The summed E-state index contributed by atoms with van der Waals surface area (Å²) in [5, 5.41) is 2.78. The maximum atomic E-state index is 12.4. The van der Waals surface area contributed by atoms with Gasteiger partial charge in [-0.15, -0.1) is 12.4 Å². The monoisotopic (exact) mass is 403 g/mol. The molecule has 0 fully saturated rings. The Hall–Kier alpha value is -1.64. The summed E-state index contributed by atoms with van der Waals surface area (Å²) in [4.78, 5) is 26.4. The second kappa shape index (κ2) is 9.89. The van der Waals surface area contributed by atoms with Gasteiger partial charge in [0.05, 0.1) is 5.56 Å². The topological polar surface area (TPSA) is 86.8 Å². The Kier molecular flexibility index (Phi) is 8.52. The molecule has 0 spiro atoms. The number of halogens is 1. The van der Waals surface area contributed by atoms with Crippen molar-refractivity contribution in [2.45, 2.75) is 31.6 Å². The van der Waals surface area contributed by atoms with Gasteiger partial charge in [-0.25, -0.2) is 12.7 Å². The highest BCUT2D eigenvalue weighted by molar-refractivity contribution is 7.90. The molecule has 0 saturated heterocycles. The van der Waals surface area contributed by atoms with Crippen molar-refractivity contribution in [1.29, 1.82) is 0 Å². The second-order valence-electron chi connectivity index (χ2n) is 5.86. The van der Waals surface area contributed by atoms with Gasteiger partial charge in [-0.1, -0.05) is 26.0 Å². The molecule has 1 aliphatic rings. The number of rotatable bonds is 9. The summed E-state index contributed by atoms with van der Waals surface area (Å²) in [5.41, 5.74) is 0.169. The van der Waals surface area contributed by atoms with Gasteiger partial charge in [0.1, 0.15) is 4.90 Å². The van der Waals surface area contributed by atoms with Crippen LogP contribution >= 0.6 is 12.4 Å². The number of hydrogen-bond donors (Lipinski definition) is 1. The number of hydrogen-bond acceptors (Lipinski definition) is 5. The van der Waals surface area contributed by atoms with Crippen LogP contribution in [0.15, 0.2) is 29.2 Å². The van der Waals surface area contributed by atoms with Crippen LogP contribution in [0.25, 0.3) is 0 Å². The molecule has 146 valence electrons. The Bertz CT molecular complexity index is 735. The summed E-state index contributed by atoms with van der Waals surface area (Å²) in [7, 11) is -3.84. The normalized spacial score (nSPS) is 14.9. The Morgan fingerprint density at radius 3 is 2.46 bits per heavy atom. The lowest BCUT2D eigenvalue weighted by Gasteiger charge is -2.18. The number of benzene rings is 1. The molecule has 0 saturated carbocycles. The molecule has 1 aromatic carbocycles. The van der Waals surface area contributed by atoms with E-state index in [0.717, 1.165) is 30.4 Å².